The molecule has 2 aromatic heterocycles. The molecule has 2 rings (SSSR count). The maximum Gasteiger partial charge on any atom is 0.166 e. The van der Waals surface area contributed by atoms with Crippen molar-refractivity contribution in [3.05, 3.63) is 42.0 Å². The SMILES string of the molecule is CN.Cc1cc(-c2c[nH]c(C=O)c2)ccn1. The number of aromatic amines is 1. The third kappa shape index (κ3) is 2.77. The van der Waals surface area contributed by atoms with E-state index in [1.165, 1.54) is 7.05 Å². The first-order valence-electron chi connectivity index (χ1n) is 4.94. The van der Waals surface area contributed by atoms with E-state index in [1.54, 1.807) is 6.20 Å². The van der Waals surface area contributed by atoms with Crippen LogP contribution in [0.25, 0.3) is 11.1 Å². The van der Waals surface area contributed by atoms with Crippen molar-refractivity contribution in [1.82, 2.24) is 9.97 Å². The summed E-state index contributed by atoms with van der Waals surface area (Å²) in [6.45, 7) is 1.94. The van der Waals surface area contributed by atoms with Crippen LogP contribution in [0.15, 0.2) is 30.6 Å². The highest BCUT2D eigenvalue weighted by Gasteiger charge is 2.01. The number of carbonyl (C=O) groups excluding carboxylic acids is 1. The Bertz CT molecular complexity index is 463. The van der Waals surface area contributed by atoms with E-state index >= 15 is 0 Å². The molecule has 2 heterocycles. The van der Waals surface area contributed by atoms with Gasteiger partial charge >= 0.3 is 0 Å². The molecule has 0 saturated carbocycles. The lowest BCUT2D eigenvalue weighted by molar-refractivity contribution is 0.111. The van der Waals surface area contributed by atoms with Crippen LogP contribution < -0.4 is 5.73 Å². The van der Waals surface area contributed by atoms with Gasteiger partial charge < -0.3 is 10.7 Å². The number of nitrogens with zero attached hydrogens (tertiary/aromatic N) is 1. The number of nitrogens with one attached hydrogen (secondary N) is 1. The predicted molar refractivity (Wildman–Crippen MR) is 64.3 cm³/mol. The van der Waals surface area contributed by atoms with Crippen LogP contribution in [0.2, 0.25) is 0 Å². The van der Waals surface area contributed by atoms with Gasteiger partial charge in [0.05, 0.1) is 5.69 Å². The summed E-state index contributed by atoms with van der Waals surface area (Å²) >= 11 is 0. The molecule has 4 nitrogen and oxygen atoms in total. The molecule has 84 valence electrons. The van der Waals surface area contributed by atoms with Crippen LogP contribution in [0.5, 0.6) is 0 Å². The zero-order chi connectivity index (χ0) is 12.0. The first-order chi connectivity index (χ1) is 7.79. The topological polar surface area (TPSA) is 71.8 Å². The number of hydrogen-bond donors (Lipinski definition) is 2. The Morgan fingerprint density at radius 1 is 1.31 bits per heavy atom. The molecule has 2 aromatic rings. The maximum atomic E-state index is 10.5. The number of pyridine rings is 1. The van der Waals surface area contributed by atoms with Crippen LogP contribution in [0.4, 0.5) is 0 Å². The Hall–Kier alpha value is -1.94. The standard InChI is InChI=1S/C11H10N2O.CH5N/c1-8-4-9(2-3-12-8)10-5-11(7-14)13-6-10;1-2/h2-7,13H,1H3;2H2,1H3. The molecule has 0 unspecified atom stereocenters. The van der Waals surface area contributed by atoms with E-state index in [0.29, 0.717) is 5.69 Å². The molecule has 0 aliphatic rings. The van der Waals surface area contributed by atoms with Crippen molar-refractivity contribution in [3.63, 3.8) is 0 Å². The summed E-state index contributed by atoms with van der Waals surface area (Å²) in [5, 5.41) is 0. The van der Waals surface area contributed by atoms with Crippen molar-refractivity contribution in [2.24, 2.45) is 5.73 Å². The fourth-order valence-electron chi connectivity index (χ4n) is 1.37. The highest BCUT2D eigenvalue weighted by molar-refractivity contribution is 5.77. The number of rotatable bonds is 2. The average molecular weight is 217 g/mol. The molecule has 3 N–H and O–H groups in total. The third-order valence-corrected chi connectivity index (χ3v) is 2.06. The lowest BCUT2D eigenvalue weighted by Crippen LogP contribution is -1.80. The van der Waals surface area contributed by atoms with E-state index in [0.717, 1.165) is 23.1 Å². The largest absolute Gasteiger partial charge is 0.358 e. The Labute approximate surface area is 94.5 Å². The third-order valence-electron chi connectivity index (χ3n) is 2.06. The summed E-state index contributed by atoms with van der Waals surface area (Å²) in [5.74, 6) is 0. The number of aromatic nitrogens is 2. The molecule has 0 atom stereocenters. The second kappa shape index (κ2) is 5.82. The second-order valence-corrected chi connectivity index (χ2v) is 3.15. The molecule has 16 heavy (non-hydrogen) atoms. The van der Waals surface area contributed by atoms with Gasteiger partial charge in [0.25, 0.3) is 0 Å². The number of carbonyl (C=O) groups is 1. The molecule has 0 amide bonds. The lowest BCUT2D eigenvalue weighted by atomic mass is 10.1. The van der Waals surface area contributed by atoms with Crippen molar-refractivity contribution in [1.29, 1.82) is 0 Å². The summed E-state index contributed by atoms with van der Waals surface area (Å²) in [5.41, 5.74) is 8.14. The Kier molecular flexibility index (Phi) is 4.42. The van der Waals surface area contributed by atoms with Gasteiger partial charge in [-0.15, -0.1) is 0 Å². The monoisotopic (exact) mass is 217 g/mol. The molecular formula is C12H15N3O. The van der Waals surface area contributed by atoms with Crippen LogP contribution in [-0.4, -0.2) is 23.3 Å². The van der Waals surface area contributed by atoms with E-state index in [2.05, 4.69) is 15.7 Å². The minimum absolute atomic E-state index is 0.592. The zero-order valence-corrected chi connectivity index (χ0v) is 9.40. The summed E-state index contributed by atoms with van der Waals surface area (Å²) in [7, 11) is 1.50. The zero-order valence-electron chi connectivity index (χ0n) is 9.40. The molecule has 0 saturated heterocycles. The van der Waals surface area contributed by atoms with Crippen LogP contribution in [0.3, 0.4) is 0 Å². The Morgan fingerprint density at radius 3 is 2.62 bits per heavy atom. The first-order valence-corrected chi connectivity index (χ1v) is 4.94. The molecule has 0 aromatic carbocycles. The van der Waals surface area contributed by atoms with E-state index in [-0.39, 0.29) is 0 Å². The number of aldehydes is 1. The quantitative estimate of drug-likeness (QED) is 0.753. The summed E-state index contributed by atoms with van der Waals surface area (Å²) in [6, 6.07) is 5.73. The predicted octanol–water partition coefficient (Wildman–Crippen LogP) is 1.77. The van der Waals surface area contributed by atoms with Crippen LogP contribution >= 0.6 is 0 Å². The van der Waals surface area contributed by atoms with Gasteiger partial charge in [-0.3, -0.25) is 9.78 Å². The van der Waals surface area contributed by atoms with Crippen molar-refractivity contribution < 1.29 is 4.79 Å². The van der Waals surface area contributed by atoms with Gasteiger partial charge in [-0.25, -0.2) is 0 Å². The summed E-state index contributed by atoms with van der Waals surface area (Å²) < 4.78 is 0. The van der Waals surface area contributed by atoms with Crippen molar-refractivity contribution in [2.75, 3.05) is 7.05 Å². The molecule has 0 aliphatic carbocycles. The Morgan fingerprint density at radius 2 is 2.06 bits per heavy atom. The molecule has 0 aliphatic heterocycles. The Balaban J connectivity index is 0.000000606. The van der Waals surface area contributed by atoms with Gasteiger partial charge in [0.2, 0.25) is 0 Å². The maximum absolute atomic E-state index is 10.5. The van der Waals surface area contributed by atoms with Gasteiger partial charge in [-0.1, -0.05) is 0 Å². The number of H-pyrrole nitrogens is 1. The summed E-state index contributed by atoms with van der Waals surface area (Å²) in [4.78, 5) is 17.5. The van der Waals surface area contributed by atoms with E-state index in [1.807, 2.05) is 31.3 Å². The molecule has 4 heteroatoms. The first kappa shape index (κ1) is 12.1. The van der Waals surface area contributed by atoms with Gasteiger partial charge in [-0.05, 0) is 43.3 Å². The van der Waals surface area contributed by atoms with Gasteiger partial charge in [-0.2, -0.15) is 0 Å². The van der Waals surface area contributed by atoms with Crippen LogP contribution in [0, 0.1) is 6.92 Å². The minimum Gasteiger partial charge on any atom is -0.358 e. The van der Waals surface area contributed by atoms with E-state index < -0.39 is 0 Å². The number of nitrogens with two attached hydrogens (primary N) is 1. The molecular weight excluding hydrogens is 202 g/mol. The molecule has 0 radical (unpaired) electrons. The fourth-order valence-corrected chi connectivity index (χ4v) is 1.37. The van der Waals surface area contributed by atoms with Crippen molar-refractivity contribution >= 4 is 6.29 Å². The summed E-state index contributed by atoms with van der Waals surface area (Å²) in [6.07, 6.45) is 4.38. The lowest BCUT2D eigenvalue weighted by Gasteiger charge is -1.97. The van der Waals surface area contributed by atoms with Gasteiger partial charge in [0, 0.05) is 18.1 Å². The van der Waals surface area contributed by atoms with Crippen molar-refractivity contribution in [3.8, 4) is 11.1 Å². The molecule has 0 fully saturated rings. The van der Waals surface area contributed by atoms with E-state index in [9.17, 15) is 4.79 Å². The molecule has 0 spiro atoms. The smallest absolute Gasteiger partial charge is 0.166 e. The van der Waals surface area contributed by atoms with Crippen LogP contribution in [-0.2, 0) is 0 Å². The van der Waals surface area contributed by atoms with Gasteiger partial charge in [0.15, 0.2) is 6.29 Å². The highest BCUT2D eigenvalue weighted by atomic mass is 16.1. The highest BCUT2D eigenvalue weighted by Crippen LogP contribution is 2.19. The van der Waals surface area contributed by atoms with Crippen molar-refractivity contribution in [2.45, 2.75) is 6.92 Å². The van der Waals surface area contributed by atoms with Gasteiger partial charge in [0.1, 0.15) is 0 Å². The number of aryl methyl sites for hydroxylation is 1. The van der Waals surface area contributed by atoms with E-state index in [4.69, 9.17) is 0 Å². The fraction of sp³-hybridized carbons (Fsp3) is 0.167. The second-order valence-electron chi connectivity index (χ2n) is 3.15. The molecule has 0 bridgehead atoms. The average Bonchev–Trinajstić information content (AvgIpc) is 2.80. The normalized spacial score (nSPS) is 9.19. The number of hydrogen-bond acceptors (Lipinski definition) is 3. The minimum atomic E-state index is 0.592. The van der Waals surface area contributed by atoms with Crippen LogP contribution in [0.1, 0.15) is 16.2 Å².